The number of nitrogens with one attached hydrogen (secondary N) is 2. The van der Waals surface area contributed by atoms with Crippen LogP contribution < -0.4 is 10.6 Å². The van der Waals surface area contributed by atoms with Crippen molar-refractivity contribution in [2.45, 2.75) is 6.42 Å². The lowest BCUT2D eigenvalue weighted by Gasteiger charge is -2.06. The van der Waals surface area contributed by atoms with E-state index in [0.29, 0.717) is 27.3 Å². The van der Waals surface area contributed by atoms with E-state index in [4.69, 9.17) is 40.1 Å². The molecule has 0 aliphatic rings. The van der Waals surface area contributed by atoms with Crippen molar-refractivity contribution in [3.8, 4) is 6.07 Å². The van der Waals surface area contributed by atoms with E-state index >= 15 is 0 Å². The zero-order chi connectivity index (χ0) is 18.2. The van der Waals surface area contributed by atoms with Gasteiger partial charge in [0.15, 0.2) is 0 Å². The topological polar surface area (TPSA) is 64.9 Å². The van der Waals surface area contributed by atoms with Crippen LogP contribution in [0.5, 0.6) is 0 Å². The van der Waals surface area contributed by atoms with Crippen LogP contribution >= 0.6 is 34.8 Å². The SMILES string of the molecule is N#C/C(=C/NCCc1ccc(Cl)cc1)C(=O)Nc1ccc(Cl)c(Cl)c1. The molecule has 128 valence electrons. The summed E-state index contributed by atoms with van der Waals surface area (Å²) in [6.45, 7) is 0.576. The number of carbonyl (C=O) groups is 1. The van der Waals surface area contributed by atoms with Gasteiger partial charge in [-0.1, -0.05) is 46.9 Å². The fourth-order valence-electron chi connectivity index (χ4n) is 1.96. The van der Waals surface area contributed by atoms with Crippen LogP contribution in [0, 0.1) is 11.3 Å². The summed E-state index contributed by atoms with van der Waals surface area (Å²) in [4.78, 5) is 12.1. The number of benzene rings is 2. The Morgan fingerprint density at radius 2 is 1.80 bits per heavy atom. The highest BCUT2D eigenvalue weighted by molar-refractivity contribution is 6.42. The van der Waals surface area contributed by atoms with Crippen LogP contribution in [0.15, 0.2) is 54.2 Å². The fourth-order valence-corrected chi connectivity index (χ4v) is 2.39. The molecule has 4 nitrogen and oxygen atoms in total. The maximum absolute atomic E-state index is 12.1. The molecule has 0 unspecified atom stereocenters. The molecule has 2 N–H and O–H groups in total. The minimum atomic E-state index is -0.528. The second-order valence-corrected chi connectivity index (χ2v) is 6.33. The number of rotatable bonds is 6. The molecule has 0 saturated heterocycles. The van der Waals surface area contributed by atoms with Crippen LogP contribution in [0.4, 0.5) is 5.69 Å². The van der Waals surface area contributed by atoms with Crippen molar-refractivity contribution in [1.82, 2.24) is 5.32 Å². The Morgan fingerprint density at radius 3 is 2.44 bits per heavy atom. The molecule has 0 bridgehead atoms. The first kappa shape index (κ1) is 19.1. The van der Waals surface area contributed by atoms with Crippen LogP contribution in [0.3, 0.4) is 0 Å². The molecule has 1 amide bonds. The first-order valence-electron chi connectivity index (χ1n) is 7.34. The summed E-state index contributed by atoms with van der Waals surface area (Å²) < 4.78 is 0. The van der Waals surface area contributed by atoms with Crippen molar-refractivity contribution in [2.24, 2.45) is 0 Å². The molecule has 7 heteroatoms. The van der Waals surface area contributed by atoms with Crippen molar-refractivity contribution in [3.05, 3.63) is 74.9 Å². The zero-order valence-corrected chi connectivity index (χ0v) is 15.3. The Kier molecular flexibility index (Phi) is 7.15. The molecule has 2 rings (SSSR count). The largest absolute Gasteiger partial charge is 0.389 e. The molecule has 0 fully saturated rings. The Labute approximate surface area is 161 Å². The number of nitriles is 1. The fraction of sp³-hybridized carbons (Fsp3) is 0.111. The lowest BCUT2D eigenvalue weighted by molar-refractivity contribution is -0.112. The highest BCUT2D eigenvalue weighted by atomic mass is 35.5. The van der Waals surface area contributed by atoms with Gasteiger partial charge in [0.2, 0.25) is 0 Å². The van der Waals surface area contributed by atoms with Gasteiger partial charge in [0.1, 0.15) is 11.6 Å². The summed E-state index contributed by atoms with van der Waals surface area (Å²) in [7, 11) is 0. The van der Waals surface area contributed by atoms with Crippen LogP contribution in [-0.2, 0) is 11.2 Å². The van der Waals surface area contributed by atoms with Crippen molar-refractivity contribution < 1.29 is 4.79 Å². The van der Waals surface area contributed by atoms with Crippen LogP contribution in [-0.4, -0.2) is 12.5 Å². The Morgan fingerprint density at radius 1 is 1.08 bits per heavy atom. The predicted molar refractivity (Wildman–Crippen MR) is 102 cm³/mol. The molecule has 0 aliphatic carbocycles. The Balaban J connectivity index is 1.90. The van der Waals surface area contributed by atoms with E-state index in [9.17, 15) is 4.79 Å². The molecule has 0 aromatic heterocycles. The van der Waals surface area contributed by atoms with E-state index in [-0.39, 0.29) is 5.57 Å². The molecular formula is C18H14Cl3N3O. The van der Waals surface area contributed by atoms with Gasteiger partial charge < -0.3 is 10.6 Å². The van der Waals surface area contributed by atoms with Gasteiger partial charge >= 0.3 is 0 Å². The number of hydrogen-bond acceptors (Lipinski definition) is 3. The number of hydrogen-bond donors (Lipinski definition) is 2. The van der Waals surface area contributed by atoms with Crippen molar-refractivity contribution in [3.63, 3.8) is 0 Å². The van der Waals surface area contributed by atoms with Gasteiger partial charge in [0, 0.05) is 23.5 Å². The molecule has 0 saturated carbocycles. The standard InChI is InChI=1S/C18H14Cl3N3O/c19-14-3-1-12(2-4-14)7-8-23-11-13(10-22)18(25)24-15-5-6-16(20)17(21)9-15/h1-6,9,11,23H,7-8H2,(H,24,25)/b13-11-. The maximum Gasteiger partial charge on any atom is 0.267 e. The van der Waals surface area contributed by atoms with Crippen LogP contribution in [0.2, 0.25) is 15.1 Å². The molecule has 0 spiro atoms. The lowest BCUT2D eigenvalue weighted by atomic mass is 10.1. The van der Waals surface area contributed by atoms with E-state index in [1.807, 2.05) is 30.3 Å². The van der Waals surface area contributed by atoms with Crippen molar-refractivity contribution in [2.75, 3.05) is 11.9 Å². The lowest BCUT2D eigenvalue weighted by Crippen LogP contribution is -2.18. The van der Waals surface area contributed by atoms with Gasteiger partial charge in [0.05, 0.1) is 10.0 Å². The summed E-state index contributed by atoms with van der Waals surface area (Å²) in [6, 6.07) is 14.0. The highest BCUT2D eigenvalue weighted by Crippen LogP contribution is 2.25. The molecule has 2 aromatic rings. The van der Waals surface area contributed by atoms with Gasteiger partial charge in [-0.05, 0) is 42.3 Å². The highest BCUT2D eigenvalue weighted by Gasteiger charge is 2.10. The minimum absolute atomic E-state index is 0.0396. The van der Waals surface area contributed by atoms with E-state index in [1.165, 1.54) is 12.3 Å². The Bertz CT molecular complexity index is 826. The predicted octanol–water partition coefficient (Wildman–Crippen LogP) is 4.83. The molecule has 2 aromatic carbocycles. The van der Waals surface area contributed by atoms with E-state index in [1.54, 1.807) is 12.1 Å². The second-order valence-electron chi connectivity index (χ2n) is 5.08. The van der Waals surface area contributed by atoms with Gasteiger partial charge in [-0.2, -0.15) is 5.26 Å². The average Bonchev–Trinajstić information content (AvgIpc) is 2.59. The number of halogens is 3. The van der Waals surface area contributed by atoms with Gasteiger partial charge in [-0.25, -0.2) is 0 Å². The third-order valence-electron chi connectivity index (χ3n) is 3.26. The zero-order valence-electron chi connectivity index (χ0n) is 13.0. The average molecular weight is 395 g/mol. The third-order valence-corrected chi connectivity index (χ3v) is 4.25. The summed E-state index contributed by atoms with van der Waals surface area (Å²) in [5.41, 5.74) is 1.52. The molecule has 0 atom stereocenters. The second kappa shape index (κ2) is 9.33. The quantitative estimate of drug-likeness (QED) is 0.419. The molecule has 25 heavy (non-hydrogen) atoms. The van der Waals surface area contributed by atoms with E-state index in [2.05, 4.69) is 10.6 Å². The molecule has 0 heterocycles. The van der Waals surface area contributed by atoms with Crippen molar-refractivity contribution >= 4 is 46.4 Å². The molecule has 0 aliphatic heterocycles. The number of amides is 1. The monoisotopic (exact) mass is 393 g/mol. The molecular weight excluding hydrogens is 381 g/mol. The smallest absolute Gasteiger partial charge is 0.267 e. The number of carbonyl (C=O) groups excluding carboxylic acids is 1. The molecule has 0 radical (unpaired) electrons. The van der Waals surface area contributed by atoms with Crippen molar-refractivity contribution in [1.29, 1.82) is 5.26 Å². The third kappa shape index (κ3) is 5.99. The van der Waals surface area contributed by atoms with Crippen LogP contribution in [0.25, 0.3) is 0 Å². The maximum atomic E-state index is 12.1. The van der Waals surface area contributed by atoms with E-state index < -0.39 is 5.91 Å². The summed E-state index contributed by atoms with van der Waals surface area (Å²) in [5, 5.41) is 16.1. The van der Waals surface area contributed by atoms with E-state index in [0.717, 1.165) is 12.0 Å². The van der Waals surface area contributed by atoms with Gasteiger partial charge in [-0.15, -0.1) is 0 Å². The number of anilines is 1. The Hall–Kier alpha value is -2.19. The first-order chi connectivity index (χ1) is 12.0. The van der Waals surface area contributed by atoms with Gasteiger partial charge in [-0.3, -0.25) is 4.79 Å². The minimum Gasteiger partial charge on any atom is -0.389 e. The normalized spacial score (nSPS) is 10.9. The first-order valence-corrected chi connectivity index (χ1v) is 8.47. The summed E-state index contributed by atoms with van der Waals surface area (Å²) in [6.07, 6.45) is 2.13. The summed E-state index contributed by atoms with van der Waals surface area (Å²) >= 11 is 17.6. The number of nitrogens with zero attached hydrogens (tertiary/aromatic N) is 1. The van der Waals surface area contributed by atoms with Gasteiger partial charge in [0.25, 0.3) is 5.91 Å². The summed E-state index contributed by atoms with van der Waals surface area (Å²) in [5.74, 6) is -0.528. The van der Waals surface area contributed by atoms with Crippen LogP contribution in [0.1, 0.15) is 5.56 Å².